The van der Waals surface area contributed by atoms with Crippen LogP contribution in [0.3, 0.4) is 0 Å². The van der Waals surface area contributed by atoms with E-state index in [0.29, 0.717) is 10.6 Å². The van der Waals surface area contributed by atoms with Gasteiger partial charge in [-0.1, -0.05) is 62.1 Å². The van der Waals surface area contributed by atoms with Gasteiger partial charge in [-0.15, -0.1) is 5.01 Å². The third kappa shape index (κ3) is 3.08. The first-order valence-electron chi connectivity index (χ1n) is 8.21. The summed E-state index contributed by atoms with van der Waals surface area (Å²) in [5.74, 6) is -0.546. The first kappa shape index (κ1) is 19.2. The van der Waals surface area contributed by atoms with Crippen molar-refractivity contribution in [2.24, 2.45) is 0 Å². The number of carbonyl (C=O) groups is 3. The number of benzene rings is 1. The van der Waals surface area contributed by atoms with E-state index < -0.39 is 23.6 Å². The second-order valence-corrected chi connectivity index (χ2v) is 5.74. The Kier molecular flexibility index (Phi) is 5.82. The van der Waals surface area contributed by atoms with E-state index in [2.05, 4.69) is 13.2 Å². The van der Waals surface area contributed by atoms with Crippen LogP contribution in [0.1, 0.15) is 24.5 Å². The van der Waals surface area contributed by atoms with E-state index in [0.717, 1.165) is 10.6 Å². The standard InChI is InChI=1S/C19H22N2O5/c1-5-11-25-17(23)20-16(22)19(7-3,15-10-8-9-14(4)13-15)21(20)18(24)26-12-6-2/h5-6,8-10,13H,1-2,7,11-12H2,3-4H3/t19-/m1/s1. The lowest BCUT2D eigenvalue weighted by Gasteiger charge is -2.54. The molecule has 1 saturated heterocycles. The van der Waals surface area contributed by atoms with Crippen LogP contribution >= 0.6 is 0 Å². The van der Waals surface area contributed by atoms with Crippen molar-refractivity contribution in [3.8, 4) is 0 Å². The lowest BCUT2D eigenvalue weighted by molar-refractivity contribution is -0.202. The van der Waals surface area contributed by atoms with Crippen molar-refractivity contribution in [3.05, 3.63) is 60.7 Å². The number of hydrazine groups is 1. The summed E-state index contributed by atoms with van der Waals surface area (Å²) in [7, 11) is 0. The average Bonchev–Trinajstić information content (AvgIpc) is 2.63. The Morgan fingerprint density at radius 3 is 2.31 bits per heavy atom. The molecule has 0 unspecified atom stereocenters. The largest absolute Gasteiger partial charge is 0.444 e. The number of carbonyl (C=O) groups excluding carboxylic acids is 3. The van der Waals surface area contributed by atoms with Gasteiger partial charge in [0.05, 0.1) is 0 Å². The van der Waals surface area contributed by atoms with E-state index in [1.807, 2.05) is 19.1 Å². The van der Waals surface area contributed by atoms with Crippen molar-refractivity contribution in [1.29, 1.82) is 0 Å². The summed E-state index contributed by atoms with van der Waals surface area (Å²) in [6, 6.07) is 7.23. The Labute approximate surface area is 152 Å². The number of rotatable bonds is 6. The normalized spacial score (nSPS) is 18.8. The molecule has 26 heavy (non-hydrogen) atoms. The molecule has 0 saturated carbocycles. The van der Waals surface area contributed by atoms with Crippen molar-refractivity contribution < 1.29 is 23.9 Å². The van der Waals surface area contributed by atoms with Gasteiger partial charge >= 0.3 is 12.2 Å². The highest BCUT2D eigenvalue weighted by Crippen LogP contribution is 2.44. The molecule has 0 aliphatic carbocycles. The molecule has 2 rings (SSSR count). The van der Waals surface area contributed by atoms with E-state index in [4.69, 9.17) is 9.47 Å². The molecule has 1 heterocycles. The quantitative estimate of drug-likeness (QED) is 0.729. The summed E-state index contributed by atoms with van der Waals surface area (Å²) >= 11 is 0. The van der Waals surface area contributed by atoms with E-state index >= 15 is 0 Å². The fourth-order valence-corrected chi connectivity index (χ4v) is 2.92. The van der Waals surface area contributed by atoms with E-state index in [9.17, 15) is 14.4 Å². The van der Waals surface area contributed by atoms with Crippen molar-refractivity contribution in [2.45, 2.75) is 25.8 Å². The third-order valence-electron chi connectivity index (χ3n) is 4.11. The van der Waals surface area contributed by atoms with Crippen LogP contribution < -0.4 is 0 Å². The Morgan fingerprint density at radius 1 is 1.15 bits per heavy atom. The lowest BCUT2D eigenvalue weighted by Crippen LogP contribution is -2.77. The van der Waals surface area contributed by atoms with E-state index in [1.165, 1.54) is 12.2 Å². The first-order chi connectivity index (χ1) is 12.4. The highest BCUT2D eigenvalue weighted by molar-refractivity contribution is 6.06. The second-order valence-electron chi connectivity index (χ2n) is 5.74. The molecule has 1 aliphatic heterocycles. The maximum atomic E-state index is 12.9. The van der Waals surface area contributed by atoms with Gasteiger partial charge in [-0.05, 0) is 18.9 Å². The molecule has 0 aromatic heterocycles. The van der Waals surface area contributed by atoms with Crippen LogP contribution in [-0.2, 0) is 19.8 Å². The topological polar surface area (TPSA) is 76.2 Å². The minimum atomic E-state index is -1.32. The molecular weight excluding hydrogens is 336 g/mol. The van der Waals surface area contributed by atoms with Gasteiger partial charge in [0.1, 0.15) is 13.2 Å². The molecule has 1 aromatic carbocycles. The molecule has 1 aromatic rings. The molecule has 3 amide bonds. The monoisotopic (exact) mass is 358 g/mol. The summed E-state index contributed by atoms with van der Waals surface area (Å²) in [5, 5.41) is 1.68. The van der Waals surface area contributed by atoms with Gasteiger partial charge in [-0.25, -0.2) is 9.59 Å². The molecule has 0 bridgehead atoms. The van der Waals surface area contributed by atoms with Gasteiger partial charge in [0, 0.05) is 0 Å². The van der Waals surface area contributed by atoms with Crippen LogP contribution in [0, 0.1) is 6.92 Å². The van der Waals surface area contributed by atoms with Crippen molar-refractivity contribution in [3.63, 3.8) is 0 Å². The number of imide groups is 1. The molecular formula is C19H22N2O5. The van der Waals surface area contributed by atoms with Gasteiger partial charge in [0.25, 0.3) is 5.91 Å². The number of amides is 3. The molecule has 7 nitrogen and oxygen atoms in total. The maximum Gasteiger partial charge on any atom is 0.436 e. The molecule has 1 atom stereocenters. The van der Waals surface area contributed by atoms with Gasteiger partial charge in [0.2, 0.25) is 0 Å². The predicted molar refractivity (Wildman–Crippen MR) is 94.9 cm³/mol. The van der Waals surface area contributed by atoms with Crippen LogP contribution in [0.4, 0.5) is 9.59 Å². The minimum absolute atomic E-state index is 0.0489. The van der Waals surface area contributed by atoms with Crippen LogP contribution in [0.15, 0.2) is 49.6 Å². The summed E-state index contributed by atoms with van der Waals surface area (Å²) < 4.78 is 10.0. The fourth-order valence-electron chi connectivity index (χ4n) is 2.92. The second kappa shape index (κ2) is 7.86. The molecule has 0 radical (unpaired) electrons. The fraction of sp³-hybridized carbons (Fsp3) is 0.316. The number of aryl methyl sites for hydroxylation is 1. The van der Waals surface area contributed by atoms with Crippen LogP contribution in [0.2, 0.25) is 0 Å². The SMILES string of the molecule is C=CCOC(=O)N1C(=O)[C@@](CC)(c2cccc(C)c2)N1C(=O)OCC=C. The average molecular weight is 358 g/mol. The number of nitrogens with zero attached hydrogens (tertiary/aromatic N) is 2. The molecule has 0 spiro atoms. The zero-order chi connectivity index (χ0) is 19.3. The van der Waals surface area contributed by atoms with Gasteiger partial charge in [-0.2, -0.15) is 5.01 Å². The highest BCUT2D eigenvalue weighted by Gasteiger charge is 2.65. The molecule has 0 N–H and O–H groups in total. The zero-order valence-electron chi connectivity index (χ0n) is 14.9. The van der Waals surface area contributed by atoms with Crippen molar-refractivity contribution in [2.75, 3.05) is 13.2 Å². The Hall–Kier alpha value is -3.09. The van der Waals surface area contributed by atoms with Crippen molar-refractivity contribution in [1.82, 2.24) is 10.0 Å². The number of hydrogen-bond acceptors (Lipinski definition) is 5. The van der Waals surface area contributed by atoms with Crippen LogP contribution in [0.25, 0.3) is 0 Å². The summed E-state index contributed by atoms with van der Waals surface area (Å²) in [5.41, 5.74) is 0.209. The maximum absolute atomic E-state index is 12.9. The number of ether oxygens (including phenoxy) is 2. The Bertz CT molecular complexity index is 745. The zero-order valence-corrected chi connectivity index (χ0v) is 14.9. The minimum Gasteiger partial charge on any atom is -0.444 e. The Balaban J connectivity index is 2.46. The Morgan fingerprint density at radius 2 is 1.77 bits per heavy atom. The molecule has 7 heteroatoms. The predicted octanol–water partition coefficient (Wildman–Crippen LogP) is 3.30. The molecule has 1 aliphatic rings. The van der Waals surface area contributed by atoms with Crippen molar-refractivity contribution >= 4 is 18.1 Å². The first-order valence-corrected chi connectivity index (χ1v) is 8.21. The number of hydrogen-bond donors (Lipinski definition) is 0. The molecule has 138 valence electrons. The van der Waals surface area contributed by atoms with E-state index in [1.54, 1.807) is 19.1 Å². The smallest absolute Gasteiger partial charge is 0.436 e. The molecule has 1 fully saturated rings. The van der Waals surface area contributed by atoms with E-state index in [-0.39, 0.29) is 19.6 Å². The summed E-state index contributed by atoms with van der Waals surface area (Å²) in [6.07, 6.45) is 1.26. The third-order valence-corrected chi connectivity index (χ3v) is 4.11. The lowest BCUT2D eigenvalue weighted by atomic mass is 9.81. The van der Waals surface area contributed by atoms with Gasteiger partial charge < -0.3 is 9.47 Å². The van der Waals surface area contributed by atoms with Gasteiger partial charge in [0.15, 0.2) is 5.54 Å². The van der Waals surface area contributed by atoms with Crippen LogP contribution in [-0.4, -0.2) is 41.3 Å². The summed E-state index contributed by atoms with van der Waals surface area (Å²) in [6.45, 7) is 10.5. The van der Waals surface area contributed by atoms with Crippen LogP contribution in [0.5, 0.6) is 0 Å². The summed E-state index contributed by atoms with van der Waals surface area (Å²) in [4.78, 5) is 37.8. The highest BCUT2D eigenvalue weighted by atomic mass is 16.6. The van der Waals surface area contributed by atoms with Gasteiger partial charge in [-0.3, -0.25) is 4.79 Å².